The molecule has 2 amide bonds. The monoisotopic (exact) mass is 467 g/mol. The highest BCUT2D eigenvalue weighted by molar-refractivity contribution is 5.87. The van der Waals surface area contributed by atoms with Gasteiger partial charge in [0.05, 0.1) is 13.2 Å². The maximum atomic E-state index is 13.1. The van der Waals surface area contributed by atoms with Gasteiger partial charge < -0.3 is 29.7 Å². The zero-order chi connectivity index (χ0) is 24.2. The average Bonchev–Trinajstić information content (AvgIpc) is 3.15. The molecule has 1 saturated heterocycles. The topological polar surface area (TPSA) is 108 Å². The Hall–Kier alpha value is -3.43. The number of amides is 2. The van der Waals surface area contributed by atoms with Crippen LogP contribution >= 0.6 is 0 Å². The lowest BCUT2D eigenvalue weighted by Crippen LogP contribution is -2.57. The van der Waals surface area contributed by atoms with E-state index < -0.39 is 24.2 Å². The summed E-state index contributed by atoms with van der Waals surface area (Å²) in [6.07, 6.45) is -1.77. The molecule has 1 fully saturated rings. The molecule has 0 spiro atoms. The van der Waals surface area contributed by atoms with Crippen molar-refractivity contribution in [1.29, 1.82) is 0 Å². The minimum Gasteiger partial charge on any atom is -0.479 e. The molecule has 1 unspecified atom stereocenters. The minimum atomic E-state index is -1.12. The highest BCUT2D eigenvalue weighted by atomic mass is 16.5. The fourth-order valence-electron chi connectivity index (χ4n) is 4.55. The predicted octanol–water partition coefficient (Wildman–Crippen LogP) is 1.77. The van der Waals surface area contributed by atoms with E-state index in [0.29, 0.717) is 0 Å². The molecule has 0 aromatic heterocycles. The number of fused-ring (bicyclic) bond motifs is 3. The van der Waals surface area contributed by atoms with Crippen molar-refractivity contribution in [2.24, 2.45) is 0 Å². The van der Waals surface area contributed by atoms with E-state index in [1.165, 1.54) is 4.90 Å². The van der Waals surface area contributed by atoms with Crippen molar-refractivity contribution in [3.05, 3.63) is 59.7 Å². The van der Waals surface area contributed by atoms with Crippen molar-refractivity contribution >= 4 is 18.0 Å². The molecule has 1 aliphatic carbocycles. The van der Waals surface area contributed by atoms with E-state index in [2.05, 4.69) is 17.4 Å². The third kappa shape index (κ3) is 5.05. The summed E-state index contributed by atoms with van der Waals surface area (Å²) < 4.78 is 10.8. The third-order valence-electron chi connectivity index (χ3n) is 6.14. The average molecular weight is 468 g/mol. The number of carbonyl (C=O) groups is 3. The lowest BCUT2D eigenvalue weighted by atomic mass is 9.98. The summed E-state index contributed by atoms with van der Waals surface area (Å²) in [7, 11) is 3.58. The summed E-state index contributed by atoms with van der Waals surface area (Å²) in [6.45, 7) is 0.714. The van der Waals surface area contributed by atoms with Crippen LogP contribution in [0.3, 0.4) is 0 Å². The van der Waals surface area contributed by atoms with E-state index in [1.54, 1.807) is 19.0 Å². The lowest BCUT2D eigenvalue weighted by molar-refractivity contribution is -0.160. The summed E-state index contributed by atoms with van der Waals surface area (Å²) in [6, 6.07) is 15.2. The fraction of sp³-hybridized carbons (Fsp3) is 0.400. The molecule has 9 heteroatoms. The van der Waals surface area contributed by atoms with Gasteiger partial charge in [-0.3, -0.25) is 4.79 Å². The number of morpholine rings is 1. The van der Waals surface area contributed by atoms with Crippen LogP contribution in [-0.4, -0.2) is 92.0 Å². The Bertz CT molecular complexity index is 1030. The summed E-state index contributed by atoms with van der Waals surface area (Å²) in [5, 5.41) is 11.9. The number of likely N-dealkylation sites (N-methyl/N-ethyl adjacent to an activating group) is 1. The van der Waals surface area contributed by atoms with Crippen LogP contribution in [0.1, 0.15) is 17.0 Å². The van der Waals surface area contributed by atoms with E-state index in [4.69, 9.17) is 9.47 Å². The van der Waals surface area contributed by atoms with Crippen LogP contribution in [0, 0.1) is 0 Å². The van der Waals surface area contributed by atoms with Crippen LogP contribution < -0.4 is 5.32 Å². The Balaban J connectivity index is 1.42. The van der Waals surface area contributed by atoms with Gasteiger partial charge in [0.2, 0.25) is 5.91 Å². The standard InChI is InChI=1S/C25H29N3O6/c1-27(2)13-21(23(29)28-11-12-33-22(14-28)24(30)31)26-25(32)34-15-20-18-9-5-3-7-16(18)17-8-4-6-10-19(17)20/h3-10,20-22H,11-15H2,1-2H3,(H,26,32)(H,30,31)/t21-,22?/m0/s1. The van der Waals surface area contributed by atoms with Crippen LogP contribution in [0.2, 0.25) is 0 Å². The van der Waals surface area contributed by atoms with Crippen molar-refractivity contribution in [3.63, 3.8) is 0 Å². The summed E-state index contributed by atoms with van der Waals surface area (Å²) in [5.74, 6) is -1.57. The van der Waals surface area contributed by atoms with Crippen LogP contribution in [-0.2, 0) is 19.1 Å². The second-order valence-electron chi connectivity index (χ2n) is 8.77. The van der Waals surface area contributed by atoms with Crippen LogP contribution in [0.5, 0.6) is 0 Å². The molecule has 0 bridgehead atoms. The number of carbonyl (C=O) groups excluding carboxylic acids is 2. The molecular formula is C25H29N3O6. The smallest absolute Gasteiger partial charge is 0.407 e. The van der Waals surface area contributed by atoms with Gasteiger partial charge in [-0.25, -0.2) is 9.59 Å². The zero-order valence-electron chi connectivity index (χ0n) is 19.3. The Morgan fingerprint density at radius 2 is 1.74 bits per heavy atom. The number of carboxylic acids is 1. The zero-order valence-corrected chi connectivity index (χ0v) is 19.3. The maximum absolute atomic E-state index is 13.1. The first kappa shape index (κ1) is 23.7. The van der Waals surface area contributed by atoms with Gasteiger partial charge in [-0.15, -0.1) is 0 Å². The van der Waals surface area contributed by atoms with Crippen LogP contribution in [0.4, 0.5) is 4.79 Å². The number of benzene rings is 2. The Labute approximate surface area is 198 Å². The summed E-state index contributed by atoms with van der Waals surface area (Å²) in [5.41, 5.74) is 4.47. The first-order valence-corrected chi connectivity index (χ1v) is 11.2. The second-order valence-corrected chi connectivity index (χ2v) is 8.77. The maximum Gasteiger partial charge on any atom is 0.407 e. The van der Waals surface area contributed by atoms with Gasteiger partial charge in [0.1, 0.15) is 12.6 Å². The van der Waals surface area contributed by atoms with Gasteiger partial charge in [-0.05, 0) is 36.3 Å². The number of carboxylic acid groups (broad SMARTS) is 1. The second kappa shape index (κ2) is 10.2. The molecule has 0 radical (unpaired) electrons. The lowest BCUT2D eigenvalue weighted by Gasteiger charge is -2.34. The Kier molecular flexibility index (Phi) is 7.14. The number of nitrogens with one attached hydrogen (secondary N) is 1. The quantitative estimate of drug-likeness (QED) is 0.639. The molecule has 1 heterocycles. The van der Waals surface area contributed by atoms with E-state index >= 15 is 0 Å². The van der Waals surface area contributed by atoms with Crippen LogP contribution in [0.15, 0.2) is 48.5 Å². The highest BCUT2D eigenvalue weighted by Gasteiger charge is 2.34. The number of ether oxygens (including phenoxy) is 2. The van der Waals surface area contributed by atoms with Gasteiger partial charge >= 0.3 is 12.1 Å². The Morgan fingerprint density at radius 1 is 1.12 bits per heavy atom. The van der Waals surface area contributed by atoms with Crippen molar-refractivity contribution < 1.29 is 29.0 Å². The van der Waals surface area contributed by atoms with E-state index in [0.717, 1.165) is 22.3 Å². The molecular weight excluding hydrogens is 438 g/mol. The van der Waals surface area contributed by atoms with Crippen molar-refractivity contribution in [2.45, 2.75) is 18.1 Å². The fourth-order valence-corrected chi connectivity index (χ4v) is 4.55. The number of rotatable bonds is 7. The molecule has 2 aliphatic rings. The Morgan fingerprint density at radius 3 is 2.32 bits per heavy atom. The predicted molar refractivity (Wildman–Crippen MR) is 125 cm³/mol. The highest BCUT2D eigenvalue weighted by Crippen LogP contribution is 2.44. The molecule has 2 aromatic rings. The van der Waals surface area contributed by atoms with Crippen LogP contribution in [0.25, 0.3) is 11.1 Å². The third-order valence-corrected chi connectivity index (χ3v) is 6.14. The van der Waals surface area contributed by atoms with Gasteiger partial charge in [0.15, 0.2) is 6.10 Å². The van der Waals surface area contributed by atoms with Crippen molar-refractivity contribution in [2.75, 3.05) is 46.9 Å². The normalized spacial score (nSPS) is 18.2. The molecule has 0 saturated carbocycles. The molecule has 4 rings (SSSR count). The van der Waals surface area contributed by atoms with Gasteiger partial charge in [-0.1, -0.05) is 48.5 Å². The minimum absolute atomic E-state index is 0.0650. The molecule has 34 heavy (non-hydrogen) atoms. The largest absolute Gasteiger partial charge is 0.479 e. The van der Waals surface area contributed by atoms with Crippen molar-refractivity contribution in [1.82, 2.24) is 15.1 Å². The van der Waals surface area contributed by atoms with E-state index in [-0.39, 0.29) is 44.7 Å². The molecule has 2 N–H and O–H groups in total. The van der Waals surface area contributed by atoms with Crippen molar-refractivity contribution in [3.8, 4) is 11.1 Å². The van der Waals surface area contributed by atoms with Gasteiger partial charge in [0.25, 0.3) is 0 Å². The molecule has 2 aromatic carbocycles. The number of nitrogens with zero attached hydrogens (tertiary/aromatic N) is 2. The molecule has 2 atom stereocenters. The van der Waals surface area contributed by atoms with E-state index in [9.17, 15) is 19.5 Å². The molecule has 180 valence electrons. The number of hydrogen-bond donors (Lipinski definition) is 2. The number of aliphatic carboxylic acids is 1. The first-order valence-electron chi connectivity index (χ1n) is 11.2. The number of hydrogen-bond acceptors (Lipinski definition) is 6. The molecule has 1 aliphatic heterocycles. The molecule has 9 nitrogen and oxygen atoms in total. The summed E-state index contributed by atoms with van der Waals surface area (Å²) in [4.78, 5) is 40.3. The SMILES string of the molecule is CN(C)C[C@H](NC(=O)OCC1c2ccccc2-c2ccccc21)C(=O)N1CCOC(C(=O)O)C1. The first-order chi connectivity index (χ1) is 16.3. The van der Waals surface area contributed by atoms with Gasteiger partial charge in [0, 0.05) is 19.0 Å². The van der Waals surface area contributed by atoms with E-state index in [1.807, 2.05) is 36.4 Å². The number of alkyl carbamates (subject to hydrolysis) is 1. The van der Waals surface area contributed by atoms with Gasteiger partial charge in [-0.2, -0.15) is 0 Å². The summed E-state index contributed by atoms with van der Waals surface area (Å²) >= 11 is 0.